The number of hydrogen-bond donors (Lipinski definition) is 1. The summed E-state index contributed by atoms with van der Waals surface area (Å²) in [5.74, 6) is 0.813. The molecule has 0 unspecified atom stereocenters. The zero-order valence-corrected chi connectivity index (χ0v) is 14.4. The number of anilines is 1. The van der Waals surface area contributed by atoms with E-state index in [0.717, 1.165) is 42.1 Å². The van der Waals surface area contributed by atoms with Crippen LogP contribution in [0.3, 0.4) is 0 Å². The molecular weight excluding hydrogens is 314 g/mol. The van der Waals surface area contributed by atoms with Gasteiger partial charge in [-0.15, -0.1) is 0 Å². The van der Waals surface area contributed by atoms with Gasteiger partial charge < -0.3 is 14.6 Å². The molecule has 1 amide bonds. The second-order valence-electron chi connectivity index (χ2n) is 6.40. The van der Waals surface area contributed by atoms with Crippen LogP contribution in [-0.4, -0.2) is 38.8 Å². The Balaban J connectivity index is 1.66. The average molecular weight is 335 g/mol. The summed E-state index contributed by atoms with van der Waals surface area (Å²) in [5, 5.41) is 3.06. The first kappa shape index (κ1) is 15.6. The molecule has 0 aromatic carbocycles. The summed E-state index contributed by atoms with van der Waals surface area (Å²) in [4.78, 5) is 23.8. The number of likely N-dealkylation sites (tertiary alicyclic amines) is 1. The Morgan fingerprint density at radius 2 is 2.20 bits per heavy atom. The first-order valence-corrected chi connectivity index (χ1v) is 8.57. The van der Waals surface area contributed by atoms with Crippen LogP contribution in [0.15, 0.2) is 42.7 Å². The number of amides is 1. The van der Waals surface area contributed by atoms with Crippen molar-refractivity contribution in [2.45, 2.75) is 25.8 Å². The van der Waals surface area contributed by atoms with Crippen molar-refractivity contribution in [3.63, 3.8) is 0 Å². The number of fused-ring (bicyclic) bond motifs is 1. The molecule has 1 aliphatic heterocycles. The molecule has 1 aliphatic rings. The van der Waals surface area contributed by atoms with E-state index in [1.807, 2.05) is 59.8 Å². The number of imidazole rings is 1. The van der Waals surface area contributed by atoms with Crippen LogP contribution in [0.1, 0.15) is 40.6 Å². The largest absolute Gasteiger partial charge is 0.373 e. The highest BCUT2D eigenvalue weighted by molar-refractivity contribution is 5.93. The molecule has 1 N–H and O–H groups in total. The van der Waals surface area contributed by atoms with Gasteiger partial charge in [-0.1, -0.05) is 6.07 Å². The Morgan fingerprint density at radius 3 is 3.00 bits per heavy atom. The normalized spacial score (nSPS) is 17.2. The first-order valence-electron chi connectivity index (χ1n) is 8.57. The summed E-state index contributed by atoms with van der Waals surface area (Å²) < 4.78 is 1.96. The Bertz CT molecular complexity index is 932. The van der Waals surface area contributed by atoms with Crippen LogP contribution in [0.4, 0.5) is 5.82 Å². The van der Waals surface area contributed by atoms with E-state index in [2.05, 4.69) is 15.3 Å². The van der Waals surface area contributed by atoms with Gasteiger partial charge in [0.25, 0.3) is 5.91 Å². The Hall–Kier alpha value is -2.89. The highest BCUT2D eigenvalue weighted by Gasteiger charge is 2.32. The van der Waals surface area contributed by atoms with E-state index < -0.39 is 0 Å². The Labute approximate surface area is 146 Å². The molecule has 4 heterocycles. The van der Waals surface area contributed by atoms with E-state index >= 15 is 0 Å². The topological polar surface area (TPSA) is 62.5 Å². The van der Waals surface area contributed by atoms with E-state index in [0.29, 0.717) is 5.69 Å². The molecule has 0 saturated carbocycles. The first-order chi connectivity index (χ1) is 12.2. The third-order valence-electron chi connectivity index (χ3n) is 4.85. The standard InChI is InChI=1S/C19H21N5O/c1-13-5-3-7-18-22-15(12-24(13)18)19(25)23-10-4-6-16(23)14-8-9-21-17(11-14)20-2/h3,5,7-9,11-12,16H,4,6,10H2,1-2H3,(H,20,21)/t16-/m0/s1. The summed E-state index contributed by atoms with van der Waals surface area (Å²) in [6, 6.07) is 9.98. The highest BCUT2D eigenvalue weighted by Crippen LogP contribution is 2.33. The molecule has 6 heteroatoms. The Kier molecular flexibility index (Phi) is 3.87. The minimum absolute atomic E-state index is 0.00609. The van der Waals surface area contributed by atoms with Crippen molar-refractivity contribution in [3.8, 4) is 0 Å². The number of aryl methyl sites for hydroxylation is 1. The zero-order chi connectivity index (χ0) is 17.4. The van der Waals surface area contributed by atoms with Gasteiger partial charge in [0.1, 0.15) is 17.2 Å². The fraction of sp³-hybridized carbons (Fsp3) is 0.316. The number of hydrogen-bond acceptors (Lipinski definition) is 4. The summed E-state index contributed by atoms with van der Waals surface area (Å²) in [5.41, 5.74) is 3.49. The third kappa shape index (κ3) is 2.73. The maximum absolute atomic E-state index is 13.1. The molecule has 3 aromatic rings. The van der Waals surface area contributed by atoms with Gasteiger partial charge in [0.2, 0.25) is 0 Å². The van der Waals surface area contributed by atoms with Gasteiger partial charge in [0.15, 0.2) is 0 Å². The van der Waals surface area contributed by atoms with Crippen LogP contribution >= 0.6 is 0 Å². The molecule has 128 valence electrons. The maximum atomic E-state index is 13.1. The van der Waals surface area contributed by atoms with E-state index in [4.69, 9.17) is 0 Å². The molecule has 25 heavy (non-hydrogen) atoms. The van der Waals surface area contributed by atoms with E-state index in [1.54, 1.807) is 6.20 Å². The molecule has 0 bridgehead atoms. The quantitative estimate of drug-likeness (QED) is 0.799. The molecular formula is C19H21N5O. The molecule has 3 aromatic heterocycles. The molecule has 1 saturated heterocycles. The predicted octanol–water partition coefficient (Wildman–Crippen LogP) is 3.06. The van der Waals surface area contributed by atoms with Gasteiger partial charge in [-0.25, -0.2) is 9.97 Å². The van der Waals surface area contributed by atoms with E-state index in [1.165, 1.54) is 0 Å². The second-order valence-corrected chi connectivity index (χ2v) is 6.40. The number of aromatic nitrogens is 3. The molecule has 0 radical (unpaired) electrons. The fourth-order valence-corrected chi connectivity index (χ4v) is 3.55. The van der Waals surface area contributed by atoms with E-state index in [9.17, 15) is 4.79 Å². The van der Waals surface area contributed by atoms with E-state index in [-0.39, 0.29) is 11.9 Å². The SMILES string of the molecule is CNc1cc([C@@H]2CCCN2C(=O)c2cn3c(C)cccc3n2)ccn1. The summed E-state index contributed by atoms with van der Waals surface area (Å²) in [6.07, 6.45) is 5.59. The lowest BCUT2D eigenvalue weighted by molar-refractivity contribution is 0.0730. The highest BCUT2D eigenvalue weighted by atomic mass is 16.2. The van der Waals surface area contributed by atoms with Crippen LogP contribution in [0.5, 0.6) is 0 Å². The van der Waals surface area contributed by atoms with Crippen molar-refractivity contribution in [1.82, 2.24) is 19.3 Å². The molecule has 0 aliphatic carbocycles. The molecule has 4 rings (SSSR count). The van der Waals surface area contributed by atoms with Gasteiger partial charge >= 0.3 is 0 Å². The van der Waals surface area contributed by atoms with Crippen molar-refractivity contribution in [2.24, 2.45) is 0 Å². The smallest absolute Gasteiger partial charge is 0.274 e. The maximum Gasteiger partial charge on any atom is 0.274 e. The second kappa shape index (κ2) is 6.20. The monoisotopic (exact) mass is 335 g/mol. The van der Waals surface area contributed by atoms with Crippen LogP contribution in [0.2, 0.25) is 0 Å². The van der Waals surface area contributed by atoms with Gasteiger partial charge in [-0.05, 0) is 49.6 Å². The van der Waals surface area contributed by atoms with Crippen LogP contribution in [-0.2, 0) is 0 Å². The lowest BCUT2D eigenvalue weighted by Crippen LogP contribution is -2.30. The number of nitrogens with one attached hydrogen (secondary N) is 1. The average Bonchev–Trinajstić information content (AvgIpc) is 3.29. The minimum Gasteiger partial charge on any atom is -0.373 e. The number of pyridine rings is 2. The third-order valence-corrected chi connectivity index (χ3v) is 4.85. The van der Waals surface area contributed by atoms with Crippen molar-refractivity contribution in [2.75, 3.05) is 18.9 Å². The lowest BCUT2D eigenvalue weighted by Gasteiger charge is -2.24. The van der Waals surface area contributed by atoms with Gasteiger partial charge in [-0.3, -0.25) is 4.79 Å². The number of nitrogens with zero attached hydrogens (tertiary/aromatic N) is 4. The summed E-state index contributed by atoms with van der Waals surface area (Å²) >= 11 is 0. The molecule has 1 fully saturated rings. The van der Waals surface area contributed by atoms with Gasteiger partial charge in [0, 0.05) is 31.7 Å². The summed E-state index contributed by atoms with van der Waals surface area (Å²) in [7, 11) is 1.85. The minimum atomic E-state index is -0.00609. The van der Waals surface area contributed by atoms with Crippen molar-refractivity contribution >= 4 is 17.4 Å². The van der Waals surface area contributed by atoms with Crippen LogP contribution < -0.4 is 5.32 Å². The fourth-order valence-electron chi connectivity index (χ4n) is 3.55. The molecule has 1 atom stereocenters. The number of carbonyl (C=O) groups is 1. The number of rotatable bonds is 3. The van der Waals surface area contributed by atoms with Crippen molar-refractivity contribution in [1.29, 1.82) is 0 Å². The van der Waals surface area contributed by atoms with Crippen LogP contribution in [0.25, 0.3) is 5.65 Å². The van der Waals surface area contributed by atoms with Crippen molar-refractivity contribution < 1.29 is 4.79 Å². The molecule has 6 nitrogen and oxygen atoms in total. The van der Waals surface area contributed by atoms with Gasteiger partial charge in [-0.2, -0.15) is 0 Å². The van der Waals surface area contributed by atoms with Crippen molar-refractivity contribution in [3.05, 3.63) is 59.7 Å². The zero-order valence-electron chi connectivity index (χ0n) is 14.4. The summed E-state index contributed by atoms with van der Waals surface area (Å²) in [6.45, 7) is 2.77. The lowest BCUT2D eigenvalue weighted by atomic mass is 10.1. The van der Waals surface area contributed by atoms with Gasteiger partial charge in [0.05, 0.1) is 6.04 Å². The number of carbonyl (C=O) groups excluding carboxylic acids is 1. The predicted molar refractivity (Wildman–Crippen MR) is 96.7 cm³/mol. The molecule has 0 spiro atoms. The Morgan fingerprint density at radius 1 is 1.32 bits per heavy atom. The van der Waals surface area contributed by atoms with Crippen LogP contribution in [0, 0.1) is 6.92 Å².